The zero-order valence-corrected chi connectivity index (χ0v) is 18.1. The molecule has 1 N–H and O–H groups in total. The number of rotatable bonds is 5. The summed E-state index contributed by atoms with van der Waals surface area (Å²) in [6.45, 7) is 5.24. The average molecular weight is 464 g/mol. The highest BCUT2D eigenvalue weighted by Gasteiger charge is 2.34. The summed E-state index contributed by atoms with van der Waals surface area (Å²) in [4.78, 5) is 16.0. The minimum atomic E-state index is -4.79. The molecule has 168 valence electrons. The highest BCUT2D eigenvalue weighted by molar-refractivity contribution is 7.90. The van der Waals surface area contributed by atoms with Crippen LogP contribution < -0.4 is 9.46 Å². The summed E-state index contributed by atoms with van der Waals surface area (Å²) in [6.07, 6.45) is -4.79. The molecular formula is C22H19F3N2O4S. The number of amides is 1. The third-order valence-corrected chi connectivity index (χ3v) is 5.83. The Bertz CT molecular complexity index is 1250. The van der Waals surface area contributed by atoms with Crippen molar-refractivity contribution in [3.05, 3.63) is 82.5 Å². The summed E-state index contributed by atoms with van der Waals surface area (Å²) in [5, 5.41) is 0. The number of nitrogens with one attached hydrogen (secondary N) is 1. The number of nitrogens with zero attached hydrogens (tertiary/aromatic N) is 1. The summed E-state index contributed by atoms with van der Waals surface area (Å²) in [7, 11) is -4.26. The van der Waals surface area contributed by atoms with Gasteiger partial charge in [0.25, 0.3) is 15.9 Å². The minimum Gasteiger partial charge on any atom is -0.438 e. The normalized spacial score (nSPS) is 11.8. The van der Waals surface area contributed by atoms with Crippen molar-refractivity contribution in [2.45, 2.75) is 31.8 Å². The van der Waals surface area contributed by atoms with E-state index in [1.165, 1.54) is 24.3 Å². The van der Waals surface area contributed by atoms with Crippen LogP contribution in [-0.4, -0.2) is 19.3 Å². The summed E-state index contributed by atoms with van der Waals surface area (Å²) < 4.78 is 72.1. The maximum absolute atomic E-state index is 13.2. The van der Waals surface area contributed by atoms with Crippen LogP contribution >= 0.6 is 0 Å². The molecular weight excluding hydrogens is 445 g/mol. The number of aryl methyl sites for hydroxylation is 3. The van der Waals surface area contributed by atoms with E-state index in [9.17, 15) is 26.4 Å². The molecule has 3 aromatic rings. The highest BCUT2D eigenvalue weighted by atomic mass is 32.2. The summed E-state index contributed by atoms with van der Waals surface area (Å²) in [5.41, 5.74) is 0.403. The minimum absolute atomic E-state index is 0.180. The molecule has 0 aliphatic heterocycles. The van der Waals surface area contributed by atoms with Crippen molar-refractivity contribution in [3.8, 4) is 11.6 Å². The van der Waals surface area contributed by atoms with Crippen molar-refractivity contribution in [2.75, 3.05) is 0 Å². The number of aromatic nitrogens is 1. The number of benzene rings is 2. The molecule has 0 bridgehead atoms. The van der Waals surface area contributed by atoms with Gasteiger partial charge in [-0.25, -0.2) is 18.1 Å². The number of sulfonamides is 1. The summed E-state index contributed by atoms with van der Waals surface area (Å²) in [5.74, 6) is -1.61. The Hall–Kier alpha value is -3.40. The van der Waals surface area contributed by atoms with Crippen LogP contribution in [0.2, 0.25) is 0 Å². The molecule has 32 heavy (non-hydrogen) atoms. The van der Waals surface area contributed by atoms with Gasteiger partial charge in [0, 0.05) is 0 Å². The van der Waals surface area contributed by atoms with Gasteiger partial charge in [-0.1, -0.05) is 35.9 Å². The fourth-order valence-corrected chi connectivity index (χ4v) is 4.10. The lowest BCUT2D eigenvalue weighted by Crippen LogP contribution is -2.31. The van der Waals surface area contributed by atoms with Gasteiger partial charge in [-0.2, -0.15) is 13.2 Å². The molecule has 0 saturated carbocycles. The van der Waals surface area contributed by atoms with Crippen LogP contribution in [0.5, 0.6) is 11.6 Å². The number of hydrogen-bond donors (Lipinski definition) is 1. The smallest absolute Gasteiger partial charge is 0.433 e. The number of alkyl halides is 3. The van der Waals surface area contributed by atoms with E-state index in [2.05, 4.69) is 4.98 Å². The Morgan fingerprint density at radius 1 is 0.969 bits per heavy atom. The van der Waals surface area contributed by atoms with Crippen LogP contribution in [0.1, 0.15) is 32.7 Å². The molecule has 0 unspecified atom stereocenters. The lowest BCUT2D eigenvalue weighted by molar-refractivity contribution is -0.141. The van der Waals surface area contributed by atoms with E-state index in [0.29, 0.717) is 17.2 Å². The van der Waals surface area contributed by atoms with E-state index in [0.717, 1.165) is 11.6 Å². The van der Waals surface area contributed by atoms with Crippen LogP contribution in [0.4, 0.5) is 13.2 Å². The molecule has 1 amide bonds. The largest absolute Gasteiger partial charge is 0.438 e. The Morgan fingerprint density at radius 3 is 2.12 bits per heavy atom. The summed E-state index contributed by atoms with van der Waals surface area (Å²) in [6, 6.07) is 12.0. The number of halogens is 3. The van der Waals surface area contributed by atoms with Gasteiger partial charge in [-0.3, -0.25) is 4.79 Å². The average Bonchev–Trinajstić information content (AvgIpc) is 2.70. The third kappa shape index (κ3) is 5.08. The Kier molecular flexibility index (Phi) is 6.27. The maximum Gasteiger partial charge on any atom is 0.433 e. The Morgan fingerprint density at radius 2 is 1.56 bits per heavy atom. The van der Waals surface area contributed by atoms with Crippen molar-refractivity contribution >= 4 is 15.9 Å². The molecule has 6 nitrogen and oxygen atoms in total. The second kappa shape index (κ2) is 8.62. The van der Waals surface area contributed by atoms with E-state index in [4.69, 9.17) is 4.74 Å². The number of ether oxygens (including phenoxy) is 1. The van der Waals surface area contributed by atoms with Crippen molar-refractivity contribution < 1.29 is 31.1 Å². The van der Waals surface area contributed by atoms with E-state index in [1.54, 1.807) is 32.0 Å². The van der Waals surface area contributed by atoms with Gasteiger partial charge in [0.05, 0.1) is 4.90 Å². The predicted octanol–water partition coefficient (Wildman–Crippen LogP) is 4.94. The molecule has 0 atom stereocenters. The van der Waals surface area contributed by atoms with E-state index in [1.807, 2.05) is 11.6 Å². The molecule has 1 aromatic heterocycles. The SMILES string of the molecule is Cc1cc(C)c(Oc2nc(C(F)(F)F)ccc2C(=O)NS(=O)(=O)c2ccccc2)c(C)c1. The highest BCUT2D eigenvalue weighted by Crippen LogP contribution is 2.34. The summed E-state index contributed by atoms with van der Waals surface area (Å²) >= 11 is 0. The zero-order valence-electron chi connectivity index (χ0n) is 17.3. The first kappa shape index (κ1) is 23.3. The van der Waals surface area contributed by atoms with Gasteiger partial charge in [0.15, 0.2) is 0 Å². The van der Waals surface area contributed by atoms with Crippen molar-refractivity contribution in [2.24, 2.45) is 0 Å². The number of hydrogen-bond acceptors (Lipinski definition) is 5. The monoisotopic (exact) mass is 464 g/mol. The van der Waals surface area contributed by atoms with Crippen LogP contribution in [0.3, 0.4) is 0 Å². The topological polar surface area (TPSA) is 85.4 Å². The standard InChI is InChI=1S/C22H19F3N2O4S/c1-13-11-14(2)19(15(3)12-13)31-21-17(9-10-18(26-21)22(23,24)25)20(28)27-32(29,30)16-7-5-4-6-8-16/h4-12H,1-3H3,(H,27,28). The van der Waals surface area contributed by atoms with Gasteiger partial charge in [-0.05, 0) is 56.2 Å². The number of carbonyl (C=O) groups is 1. The van der Waals surface area contributed by atoms with E-state index in [-0.39, 0.29) is 10.6 Å². The molecule has 0 aliphatic rings. The van der Waals surface area contributed by atoms with Gasteiger partial charge in [0.2, 0.25) is 5.88 Å². The van der Waals surface area contributed by atoms with Crippen molar-refractivity contribution in [1.82, 2.24) is 9.71 Å². The molecule has 2 aromatic carbocycles. The Balaban J connectivity index is 2.05. The lowest BCUT2D eigenvalue weighted by Gasteiger charge is -2.16. The first-order chi connectivity index (χ1) is 14.9. The van der Waals surface area contributed by atoms with E-state index >= 15 is 0 Å². The molecule has 10 heteroatoms. The third-order valence-electron chi connectivity index (χ3n) is 4.48. The molecule has 1 heterocycles. The fraction of sp³-hybridized carbons (Fsp3) is 0.182. The van der Waals surface area contributed by atoms with Crippen molar-refractivity contribution in [1.29, 1.82) is 0 Å². The second-order valence-corrected chi connectivity index (χ2v) is 8.81. The van der Waals surface area contributed by atoms with Crippen molar-refractivity contribution in [3.63, 3.8) is 0 Å². The van der Waals surface area contributed by atoms with Crippen LogP contribution in [-0.2, 0) is 16.2 Å². The molecule has 0 saturated heterocycles. The van der Waals surface area contributed by atoms with Gasteiger partial charge >= 0.3 is 6.18 Å². The van der Waals surface area contributed by atoms with Crippen LogP contribution in [0, 0.1) is 20.8 Å². The molecule has 0 aliphatic carbocycles. The molecule has 3 rings (SSSR count). The quantitative estimate of drug-likeness (QED) is 0.578. The number of pyridine rings is 1. The molecule has 0 fully saturated rings. The fourth-order valence-electron chi connectivity index (χ4n) is 3.11. The second-order valence-electron chi connectivity index (χ2n) is 7.12. The predicted molar refractivity (Wildman–Crippen MR) is 111 cm³/mol. The molecule has 0 radical (unpaired) electrons. The van der Waals surface area contributed by atoms with Gasteiger partial charge in [0.1, 0.15) is 17.0 Å². The first-order valence-electron chi connectivity index (χ1n) is 9.34. The first-order valence-corrected chi connectivity index (χ1v) is 10.8. The maximum atomic E-state index is 13.2. The van der Waals surface area contributed by atoms with Gasteiger partial charge < -0.3 is 4.74 Å². The lowest BCUT2D eigenvalue weighted by atomic mass is 10.1. The zero-order chi connectivity index (χ0) is 23.7. The Labute approximate surface area is 183 Å². The van der Waals surface area contributed by atoms with Crippen LogP contribution in [0.25, 0.3) is 0 Å². The van der Waals surface area contributed by atoms with Crippen LogP contribution in [0.15, 0.2) is 59.5 Å². The van der Waals surface area contributed by atoms with E-state index < -0.39 is 39.2 Å². The number of carbonyl (C=O) groups excluding carboxylic acids is 1. The molecule has 0 spiro atoms. The van der Waals surface area contributed by atoms with Gasteiger partial charge in [-0.15, -0.1) is 0 Å².